The largest absolute Gasteiger partial charge is 0.496 e. The molecule has 1 aromatic carbocycles. The van der Waals surface area contributed by atoms with E-state index in [1.54, 1.807) is 7.11 Å². The van der Waals surface area contributed by atoms with Gasteiger partial charge in [-0.25, -0.2) is 0 Å². The van der Waals surface area contributed by atoms with E-state index in [0.29, 0.717) is 12.8 Å². The molecule has 98 valence electrons. The average Bonchev–Trinajstić information content (AvgIpc) is 2.34. The first-order valence-corrected chi connectivity index (χ1v) is 6.21. The van der Waals surface area contributed by atoms with E-state index in [2.05, 4.69) is 32.9 Å². The zero-order valence-electron chi connectivity index (χ0n) is 11.7. The van der Waals surface area contributed by atoms with Crippen LogP contribution in [0.5, 0.6) is 5.75 Å². The molecule has 0 fully saturated rings. The lowest BCUT2D eigenvalue weighted by atomic mass is 9.84. The third kappa shape index (κ3) is 3.48. The van der Waals surface area contributed by atoms with Crippen LogP contribution in [0, 0.1) is 11.3 Å². The van der Waals surface area contributed by atoms with Crippen LogP contribution in [-0.2, 0) is 5.41 Å². The zero-order valence-corrected chi connectivity index (χ0v) is 11.7. The van der Waals surface area contributed by atoms with Gasteiger partial charge in [0, 0.05) is 12.5 Å². The van der Waals surface area contributed by atoms with E-state index in [0.717, 1.165) is 16.9 Å². The molecule has 0 saturated carbocycles. The molecule has 18 heavy (non-hydrogen) atoms. The molecule has 3 nitrogen and oxygen atoms in total. The van der Waals surface area contributed by atoms with E-state index in [9.17, 15) is 0 Å². The van der Waals surface area contributed by atoms with Crippen LogP contribution in [0.15, 0.2) is 18.2 Å². The highest BCUT2D eigenvalue weighted by molar-refractivity contribution is 5.42. The minimum Gasteiger partial charge on any atom is -0.496 e. The first-order chi connectivity index (χ1) is 8.40. The fraction of sp³-hybridized carbons (Fsp3) is 0.533. The average molecular weight is 246 g/mol. The molecule has 0 aromatic heterocycles. The molecule has 0 saturated heterocycles. The van der Waals surface area contributed by atoms with Gasteiger partial charge in [-0.15, -0.1) is 0 Å². The molecule has 3 heteroatoms. The van der Waals surface area contributed by atoms with Crippen molar-refractivity contribution in [3.63, 3.8) is 0 Å². The summed E-state index contributed by atoms with van der Waals surface area (Å²) in [7, 11) is 1.68. The monoisotopic (exact) mass is 246 g/mol. The Bertz CT molecular complexity index is 441. The van der Waals surface area contributed by atoms with Gasteiger partial charge >= 0.3 is 0 Å². The van der Waals surface area contributed by atoms with Crippen molar-refractivity contribution < 1.29 is 4.74 Å². The quantitative estimate of drug-likeness (QED) is 0.886. The minimum atomic E-state index is -0.0864. The van der Waals surface area contributed by atoms with Crippen LogP contribution in [0.3, 0.4) is 0 Å². The Morgan fingerprint density at radius 2 is 2.06 bits per heavy atom. The van der Waals surface area contributed by atoms with Crippen molar-refractivity contribution in [2.24, 2.45) is 5.73 Å². The Morgan fingerprint density at radius 1 is 1.39 bits per heavy atom. The van der Waals surface area contributed by atoms with Crippen LogP contribution in [0.25, 0.3) is 0 Å². The molecule has 0 spiro atoms. The van der Waals surface area contributed by atoms with Gasteiger partial charge in [0.15, 0.2) is 0 Å². The highest BCUT2D eigenvalue weighted by Crippen LogP contribution is 2.33. The number of methoxy groups -OCH3 is 1. The van der Waals surface area contributed by atoms with Crippen LogP contribution in [0.4, 0.5) is 0 Å². The van der Waals surface area contributed by atoms with Gasteiger partial charge in [-0.1, -0.05) is 32.9 Å². The molecule has 0 aliphatic heterocycles. The highest BCUT2D eigenvalue weighted by atomic mass is 16.5. The maximum absolute atomic E-state index is 8.60. The lowest BCUT2D eigenvalue weighted by Crippen LogP contribution is -2.16. The fourth-order valence-electron chi connectivity index (χ4n) is 1.93. The van der Waals surface area contributed by atoms with Crippen molar-refractivity contribution in [2.75, 3.05) is 7.11 Å². The van der Waals surface area contributed by atoms with Gasteiger partial charge < -0.3 is 10.5 Å². The normalized spacial score (nSPS) is 12.9. The fourth-order valence-corrected chi connectivity index (χ4v) is 1.93. The molecule has 0 heterocycles. The smallest absolute Gasteiger partial charge is 0.122 e. The van der Waals surface area contributed by atoms with Crippen molar-refractivity contribution in [3.8, 4) is 11.8 Å². The first kappa shape index (κ1) is 14.5. The number of nitrogens with zero attached hydrogens (tertiary/aromatic N) is 1. The van der Waals surface area contributed by atoms with Gasteiger partial charge in [-0.05, 0) is 29.0 Å². The number of ether oxygens (including phenoxy) is 1. The van der Waals surface area contributed by atoms with E-state index < -0.39 is 0 Å². The summed E-state index contributed by atoms with van der Waals surface area (Å²) in [5, 5.41) is 8.60. The van der Waals surface area contributed by atoms with Gasteiger partial charge in [-0.2, -0.15) is 5.26 Å². The minimum absolute atomic E-state index is 0.0102. The van der Waals surface area contributed by atoms with Crippen LogP contribution in [0.2, 0.25) is 0 Å². The van der Waals surface area contributed by atoms with E-state index in [-0.39, 0.29) is 11.5 Å². The van der Waals surface area contributed by atoms with E-state index in [1.165, 1.54) is 0 Å². The Balaban J connectivity index is 3.07. The molecule has 1 unspecified atom stereocenters. The molecule has 0 radical (unpaired) electrons. The second-order valence-corrected chi connectivity index (χ2v) is 5.51. The molecule has 0 aliphatic carbocycles. The molecule has 2 N–H and O–H groups in total. The zero-order chi connectivity index (χ0) is 13.8. The number of hydrogen-bond donors (Lipinski definition) is 1. The van der Waals surface area contributed by atoms with Gasteiger partial charge in [0.2, 0.25) is 0 Å². The molecule has 0 aliphatic rings. The number of hydrogen-bond acceptors (Lipinski definition) is 3. The van der Waals surface area contributed by atoms with Gasteiger partial charge in [0.25, 0.3) is 0 Å². The first-order valence-electron chi connectivity index (χ1n) is 6.21. The third-order valence-electron chi connectivity index (χ3n) is 3.03. The summed E-state index contributed by atoms with van der Waals surface area (Å²) in [5.74, 6) is 0.888. The highest BCUT2D eigenvalue weighted by Gasteiger charge is 2.20. The SMILES string of the molecule is COc1ccc(C(N)CCC#N)cc1C(C)(C)C. The molecule has 1 rings (SSSR count). The van der Waals surface area contributed by atoms with Crippen molar-refractivity contribution in [1.29, 1.82) is 5.26 Å². The maximum atomic E-state index is 8.60. The lowest BCUT2D eigenvalue weighted by molar-refractivity contribution is 0.397. The second-order valence-electron chi connectivity index (χ2n) is 5.51. The standard InChI is InChI=1S/C15H22N2O/c1-15(2,3)12-10-11(7-8-14(12)18-4)13(17)6-5-9-16/h7-8,10,13H,5-6,17H2,1-4H3. The van der Waals surface area contributed by atoms with Crippen LogP contribution in [-0.4, -0.2) is 7.11 Å². The molecular weight excluding hydrogens is 224 g/mol. The molecular formula is C15H22N2O. The summed E-state index contributed by atoms with van der Waals surface area (Å²) in [5.41, 5.74) is 8.32. The van der Waals surface area contributed by atoms with Crippen LogP contribution in [0.1, 0.15) is 50.8 Å². The van der Waals surface area contributed by atoms with Crippen molar-refractivity contribution >= 4 is 0 Å². The molecule has 0 amide bonds. The third-order valence-corrected chi connectivity index (χ3v) is 3.03. The van der Waals surface area contributed by atoms with Gasteiger partial charge in [0.1, 0.15) is 5.75 Å². The Hall–Kier alpha value is -1.53. The molecule has 1 aromatic rings. The van der Waals surface area contributed by atoms with Crippen LogP contribution < -0.4 is 10.5 Å². The van der Waals surface area contributed by atoms with E-state index in [4.69, 9.17) is 15.7 Å². The summed E-state index contributed by atoms with van der Waals surface area (Å²) in [4.78, 5) is 0. The Kier molecular flexibility index (Phi) is 4.75. The lowest BCUT2D eigenvalue weighted by Gasteiger charge is -2.24. The maximum Gasteiger partial charge on any atom is 0.122 e. The van der Waals surface area contributed by atoms with Crippen molar-refractivity contribution in [3.05, 3.63) is 29.3 Å². The van der Waals surface area contributed by atoms with Gasteiger partial charge in [0.05, 0.1) is 13.2 Å². The van der Waals surface area contributed by atoms with E-state index >= 15 is 0 Å². The summed E-state index contributed by atoms with van der Waals surface area (Å²) in [6.45, 7) is 6.44. The number of nitriles is 1. The van der Waals surface area contributed by atoms with Crippen molar-refractivity contribution in [1.82, 2.24) is 0 Å². The Labute approximate surface area is 110 Å². The van der Waals surface area contributed by atoms with Gasteiger partial charge in [-0.3, -0.25) is 0 Å². The Morgan fingerprint density at radius 3 is 2.56 bits per heavy atom. The summed E-state index contributed by atoms with van der Waals surface area (Å²) in [6.07, 6.45) is 1.17. The predicted molar refractivity (Wildman–Crippen MR) is 73.5 cm³/mol. The number of rotatable bonds is 4. The topological polar surface area (TPSA) is 59.0 Å². The van der Waals surface area contributed by atoms with Crippen LogP contribution >= 0.6 is 0 Å². The summed E-state index contributed by atoms with van der Waals surface area (Å²) >= 11 is 0. The number of nitrogens with two attached hydrogens (primary N) is 1. The predicted octanol–water partition coefficient (Wildman–Crippen LogP) is 3.30. The molecule has 1 atom stereocenters. The summed E-state index contributed by atoms with van der Waals surface area (Å²) in [6, 6.07) is 8.09. The molecule has 0 bridgehead atoms. The van der Waals surface area contributed by atoms with E-state index in [1.807, 2.05) is 12.1 Å². The second kappa shape index (κ2) is 5.88. The number of benzene rings is 1. The van der Waals surface area contributed by atoms with Crippen molar-refractivity contribution in [2.45, 2.75) is 45.1 Å². The summed E-state index contributed by atoms with van der Waals surface area (Å²) < 4.78 is 5.39.